The van der Waals surface area contributed by atoms with E-state index in [4.69, 9.17) is 27.9 Å². The summed E-state index contributed by atoms with van der Waals surface area (Å²) < 4.78 is 6.01. The van der Waals surface area contributed by atoms with Gasteiger partial charge in [-0.3, -0.25) is 0 Å². The molecule has 0 amide bonds. The molecule has 1 heterocycles. The number of hydrogen-bond donors (Lipinski definition) is 0. The van der Waals surface area contributed by atoms with Gasteiger partial charge in [0.1, 0.15) is 11.9 Å². The smallest absolute Gasteiger partial charge is 0.127 e. The fourth-order valence-electron chi connectivity index (χ4n) is 2.35. The van der Waals surface area contributed by atoms with E-state index in [1.54, 1.807) is 0 Å². The van der Waals surface area contributed by atoms with Crippen molar-refractivity contribution >= 4 is 23.2 Å². The lowest BCUT2D eigenvalue weighted by molar-refractivity contribution is 0.177. The number of halogens is 2. The summed E-state index contributed by atoms with van der Waals surface area (Å²) >= 11 is 12.5. The topological polar surface area (TPSA) is 9.23 Å². The Hall–Kier alpha value is -1.18. The number of benzene rings is 2. The van der Waals surface area contributed by atoms with Crippen molar-refractivity contribution in [2.75, 3.05) is 0 Å². The van der Waals surface area contributed by atoms with Gasteiger partial charge in [0.2, 0.25) is 0 Å². The van der Waals surface area contributed by atoms with Gasteiger partial charge in [0, 0.05) is 15.6 Å². The van der Waals surface area contributed by atoms with E-state index < -0.39 is 0 Å². The third kappa shape index (κ3) is 2.09. The maximum absolute atomic E-state index is 6.23. The van der Waals surface area contributed by atoms with E-state index in [9.17, 15) is 0 Å². The van der Waals surface area contributed by atoms with Gasteiger partial charge in [-0.25, -0.2) is 0 Å². The van der Waals surface area contributed by atoms with Gasteiger partial charge in [-0.2, -0.15) is 0 Å². The summed E-state index contributed by atoms with van der Waals surface area (Å²) in [7, 11) is 0. The van der Waals surface area contributed by atoms with Crippen molar-refractivity contribution in [3.63, 3.8) is 0 Å². The second kappa shape index (κ2) is 4.83. The van der Waals surface area contributed by atoms with E-state index in [-0.39, 0.29) is 6.10 Å². The molecule has 2 aromatic rings. The molecule has 0 saturated carbocycles. The Balaban J connectivity index is 1.97. The molecule has 0 radical (unpaired) electrons. The van der Waals surface area contributed by atoms with Crippen LogP contribution >= 0.6 is 23.2 Å². The van der Waals surface area contributed by atoms with Crippen LogP contribution in [0.25, 0.3) is 0 Å². The zero-order valence-electron chi connectivity index (χ0n) is 9.70. The summed E-state index contributed by atoms with van der Waals surface area (Å²) in [5.74, 6) is 0.935. The normalized spacial score (nSPS) is 18.0. The van der Waals surface area contributed by atoms with Crippen molar-refractivity contribution in [3.8, 4) is 5.75 Å². The molecule has 1 aliphatic rings. The van der Waals surface area contributed by atoms with Crippen LogP contribution in [0.5, 0.6) is 5.75 Å². The van der Waals surface area contributed by atoms with Gasteiger partial charge in [0.05, 0.1) is 0 Å². The number of fused-ring (bicyclic) bond motifs is 1. The average Bonchev–Trinajstić information content (AvgIpc) is 2.38. The van der Waals surface area contributed by atoms with Gasteiger partial charge in [-0.15, -0.1) is 0 Å². The number of aryl methyl sites for hydroxylation is 1. The molecule has 3 heteroatoms. The van der Waals surface area contributed by atoms with E-state index in [2.05, 4.69) is 6.07 Å². The highest BCUT2D eigenvalue weighted by Crippen LogP contribution is 2.39. The molecule has 0 spiro atoms. The highest BCUT2D eigenvalue weighted by molar-refractivity contribution is 6.36. The van der Waals surface area contributed by atoms with Crippen LogP contribution in [-0.4, -0.2) is 0 Å². The average molecular weight is 279 g/mol. The molecule has 1 atom stereocenters. The lowest BCUT2D eigenvalue weighted by Gasteiger charge is -2.27. The van der Waals surface area contributed by atoms with Crippen LogP contribution in [0.4, 0.5) is 0 Å². The van der Waals surface area contributed by atoms with Crippen molar-refractivity contribution in [2.45, 2.75) is 18.9 Å². The van der Waals surface area contributed by atoms with Crippen molar-refractivity contribution in [1.82, 2.24) is 0 Å². The Kier molecular flexibility index (Phi) is 3.19. The standard InChI is InChI=1S/C15H12Cl2O/c16-11-5-3-6-12(17)15(11)14-9-8-10-4-1-2-7-13(10)18-14/h1-7,14H,8-9H2. The Bertz CT molecular complexity index is 560. The maximum Gasteiger partial charge on any atom is 0.127 e. The first-order chi connectivity index (χ1) is 8.75. The van der Waals surface area contributed by atoms with Crippen LogP contribution in [0.1, 0.15) is 23.7 Å². The predicted octanol–water partition coefficient (Wildman–Crippen LogP) is 5.06. The van der Waals surface area contributed by atoms with Gasteiger partial charge in [0.15, 0.2) is 0 Å². The monoisotopic (exact) mass is 278 g/mol. The molecule has 2 aromatic carbocycles. The number of rotatable bonds is 1. The fourth-order valence-corrected chi connectivity index (χ4v) is 2.99. The van der Waals surface area contributed by atoms with Crippen molar-refractivity contribution in [1.29, 1.82) is 0 Å². The Morgan fingerprint density at radius 1 is 0.944 bits per heavy atom. The molecule has 0 bridgehead atoms. The molecule has 18 heavy (non-hydrogen) atoms. The minimum atomic E-state index is -0.0545. The minimum Gasteiger partial charge on any atom is -0.485 e. The Morgan fingerprint density at radius 2 is 1.67 bits per heavy atom. The third-order valence-electron chi connectivity index (χ3n) is 3.24. The molecule has 0 N–H and O–H groups in total. The predicted molar refractivity (Wildman–Crippen MR) is 74.6 cm³/mol. The van der Waals surface area contributed by atoms with E-state index in [0.29, 0.717) is 10.0 Å². The molecule has 0 fully saturated rings. The number of ether oxygens (including phenoxy) is 1. The molecule has 0 aromatic heterocycles. The second-order valence-electron chi connectivity index (χ2n) is 4.39. The van der Waals surface area contributed by atoms with Crippen LogP contribution in [-0.2, 0) is 6.42 Å². The minimum absolute atomic E-state index is 0.0545. The molecule has 1 unspecified atom stereocenters. The van der Waals surface area contributed by atoms with E-state index in [1.165, 1.54) is 5.56 Å². The Morgan fingerprint density at radius 3 is 2.44 bits per heavy atom. The first-order valence-electron chi connectivity index (χ1n) is 5.94. The van der Waals surface area contributed by atoms with Gasteiger partial charge in [-0.05, 0) is 36.6 Å². The van der Waals surface area contributed by atoms with Gasteiger partial charge in [-0.1, -0.05) is 47.5 Å². The third-order valence-corrected chi connectivity index (χ3v) is 3.90. The lowest BCUT2D eigenvalue weighted by atomic mass is 9.97. The van der Waals surface area contributed by atoms with Crippen LogP contribution in [0.2, 0.25) is 10.0 Å². The summed E-state index contributed by atoms with van der Waals surface area (Å²) in [6, 6.07) is 13.7. The fraction of sp³-hybridized carbons (Fsp3) is 0.200. The largest absolute Gasteiger partial charge is 0.485 e. The summed E-state index contributed by atoms with van der Waals surface area (Å²) in [5, 5.41) is 1.35. The number of hydrogen-bond acceptors (Lipinski definition) is 1. The van der Waals surface area contributed by atoms with E-state index in [0.717, 1.165) is 24.2 Å². The Labute approximate surface area is 116 Å². The summed E-state index contributed by atoms with van der Waals surface area (Å²) in [6.07, 6.45) is 1.84. The maximum atomic E-state index is 6.23. The molecule has 1 nitrogen and oxygen atoms in total. The quantitative estimate of drug-likeness (QED) is 0.709. The highest BCUT2D eigenvalue weighted by Gasteiger charge is 2.24. The zero-order chi connectivity index (χ0) is 12.5. The van der Waals surface area contributed by atoms with Gasteiger partial charge in [0.25, 0.3) is 0 Å². The van der Waals surface area contributed by atoms with Crippen molar-refractivity contribution in [2.24, 2.45) is 0 Å². The zero-order valence-corrected chi connectivity index (χ0v) is 11.2. The van der Waals surface area contributed by atoms with Crippen LogP contribution < -0.4 is 4.74 Å². The second-order valence-corrected chi connectivity index (χ2v) is 5.20. The molecule has 1 aliphatic heterocycles. The van der Waals surface area contributed by atoms with Crippen molar-refractivity contribution in [3.05, 3.63) is 63.6 Å². The highest BCUT2D eigenvalue weighted by atomic mass is 35.5. The molecule has 3 rings (SSSR count). The molecule has 0 aliphatic carbocycles. The molecular weight excluding hydrogens is 267 g/mol. The summed E-state index contributed by atoms with van der Waals surface area (Å²) in [6.45, 7) is 0. The van der Waals surface area contributed by atoms with Crippen LogP contribution in [0, 0.1) is 0 Å². The molecule has 92 valence electrons. The van der Waals surface area contributed by atoms with Crippen LogP contribution in [0.3, 0.4) is 0 Å². The van der Waals surface area contributed by atoms with Gasteiger partial charge >= 0.3 is 0 Å². The summed E-state index contributed by atoms with van der Waals surface area (Å²) in [4.78, 5) is 0. The molecule has 0 saturated heterocycles. The van der Waals surface area contributed by atoms with E-state index >= 15 is 0 Å². The lowest BCUT2D eigenvalue weighted by Crippen LogP contribution is -2.15. The summed E-state index contributed by atoms with van der Waals surface area (Å²) in [5.41, 5.74) is 2.15. The van der Waals surface area contributed by atoms with E-state index in [1.807, 2.05) is 36.4 Å². The SMILES string of the molecule is Clc1cccc(Cl)c1C1CCc2ccccc2O1. The number of para-hydroxylation sites is 1. The first-order valence-corrected chi connectivity index (χ1v) is 6.70. The van der Waals surface area contributed by atoms with Crippen molar-refractivity contribution < 1.29 is 4.74 Å². The van der Waals surface area contributed by atoms with Crippen LogP contribution in [0.15, 0.2) is 42.5 Å². The van der Waals surface area contributed by atoms with Gasteiger partial charge < -0.3 is 4.74 Å². The first kappa shape index (κ1) is 11.9. The molecular formula is C15H12Cl2O.